The highest BCUT2D eigenvalue weighted by Crippen LogP contribution is 2.05. The molecule has 1 heterocycles. The molecule has 2 amide bonds. The van der Waals surface area contributed by atoms with Crippen LogP contribution >= 0.6 is 0 Å². The Hall–Kier alpha value is -1.95. The summed E-state index contributed by atoms with van der Waals surface area (Å²) >= 11 is 0. The van der Waals surface area contributed by atoms with Crippen LogP contribution in [0.1, 0.15) is 23.7 Å². The Balaban J connectivity index is 1.91. The molecule has 1 aliphatic heterocycles. The second-order valence-electron chi connectivity index (χ2n) is 4.79. The Labute approximate surface area is 117 Å². The highest BCUT2D eigenvalue weighted by atomic mass is 19.1. The smallest absolute Gasteiger partial charge is 0.265 e. The van der Waals surface area contributed by atoms with Crippen LogP contribution in [0.25, 0.3) is 0 Å². The average molecular weight is 279 g/mol. The quantitative estimate of drug-likeness (QED) is 0.879. The van der Waals surface area contributed by atoms with Gasteiger partial charge in [0.2, 0.25) is 5.91 Å². The van der Waals surface area contributed by atoms with Crippen LogP contribution in [0.15, 0.2) is 24.3 Å². The zero-order valence-electron chi connectivity index (χ0n) is 11.4. The maximum absolute atomic E-state index is 12.8. The van der Waals surface area contributed by atoms with Crippen LogP contribution in [0.2, 0.25) is 0 Å². The van der Waals surface area contributed by atoms with Gasteiger partial charge in [0, 0.05) is 38.7 Å². The summed E-state index contributed by atoms with van der Waals surface area (Å²) < 4.78 is 12.8. The summed E-state index contributed by atoms with van der Waals surface area (Å²) in [6.45, 7) is 4.13. The van der Waals surface area contributed by atoms with Crippen LogP contribution in [-0.4, -0.2) is 47.9 Å². The molecule has 0 unspecified atom stereocenters. The monoisotopic (exact) mass is 279 g/mol. The Morgan fingerprint density at radius 1 is 1.10 bits per heavy atom. The minimum Gasteiger partial charge on any atom is -0.342 e. The number of hydrogen-bond donors (Lipinski definition) is 1. The molecule has 108 valence electrons. The number of nitrogens with zero attached hydrogens (tertiary/aromatic N) is 2. The van der Waals surface area contributed by atoms with Crippen LogP contribution in [0, 0.1) is 5.82 Å². The van der Waals surface area contributed by atoms with Gasteiger partial charge in [-0.3, -0.25) is 15.0 Å². The van der Waals surface area contributed by atoms with E-state index in [1.165, 1.54) is 24.3 Å². The van der Waals surface area contributed by atoms with Crippen molar-refractivity contribution in [1.82, 2.24) is 15.3 Å². The first-order chi connectivity index (χ1) is 9.56. The highest BCUT2D eigenvalue weighted by Gasteiger charge is 2.18. The number of carbonyl (C=O) groups is 2. The Morgan fingerprint density at radius 3 is 2.45 bits per heavy atom. The normalized spacial score (nSPS) is 16.6. The molecule has 20 heavy (non-hydrogen) atoms. The largest absolute Gasteiger partial charge is 0.342 e. The molecule has 0 bridgehead atoms. The van der Waals surface area contributed by atoms with E-state index in [1.807, 2.05) is 0 Å². The molecule has 0 spiro atoms. The molecule has 6 heteroatoms. The minimum absolute atomic E-state index is 0.0525. The molecule has 2 rings (SSSR count). The summed E-state index contributed by atoms with van der Waals surface area (Å²) in [4.78, 5) is 25.1. The molecule has 0 radical (unpaired) electrons. The summed E-state index contributed by atoms with van der Waals surface area (Å²) in [5, 5.41) is 1.80. The van der Waals surface area contributed by atoms with Crippen molar-refractivity contribution >= 4 is 11.8 Å². The second-order valence-corrected chi connectivity index (χ2v) is 4.79. The number of hydrazine groups is 1. The summed E-state index contributed by atoms with van der Waals surface area (Å²) in [5.74, 6) is -0.577. The molecule has 1 aromatic carbocycles. The van der Waals surface area contributed by atoms with E-state index >= 15 is 0 Å². The standard InChI is InChI=1S/C14H18FN3O2/c1-11(19)17-7-2-8-18(10-9-17)16-14(20)12-3-5-13(15)6-4-12/h3-6H,2,7-10H2,1H3,(H,16,20). The zero-order chi connectivity index (χ0) is 14.5. The third-order valence-corrected chi connectivity index (χ3v) is 3.31. The van der Waals surface area contributed by atoms with Crippen LogP contribution in [0.3, 0.4) is 0 Å². The van der Waals surface area contributed by atoms with Gasteiger partial charge in [0.05, 0.1) is 0 Å². The predicted molar refractivity (Wildman–Crippen MR) is 72.3 cm³/mol. The van der Waals surface area contributed by atoms with Gasteiger partial charge in [-0.1, -0.05) is 0 Å². The maximum Gasteiger partial charge on any atom is 0.265 e. The van der Waals surface area contributed by atoms with E-state index in [0.29, 0.717) is 31.7 Å². The van der Waals surface area contributed by atoms with Crippen molar-refractivity contribution in [3.63, 3.8) is 0 Å². The number of nitrogens with one attached hydrogen (secondary N) is 1. The van der Waals surface area contributed by atoms with Crippen molar-refractivity contribution in [2.45, 2.75) is 13.3 Å². The molecule has 1 N–H and O–H groups in total. The molecular weight excluding hydrogens is 261 g/mol. The molecule has 1 aromatic rings. The van der Waals surface area contributed by atoms with E-state index in [0.717, 1.165) is 6.42 Å². The molecule has 5 nitrogen and oxygen atoms in total. The Kier molecular flexibility index (Phi) is 4.68. The predicted octanol–water partition coefficient (Wildman–Crippen LogP) is 1.02. The summed E-state index contributed by atoms with van der Waals surface area (Å²) in [6, 6.07) is 5.42. The molecule has 0 saturated carbocycles. The first-order valence-electron chi connectivity index (χ1n) is 6.63. The number of carbonyl (C=O) groups excluding carboxylic acids is 2. The van der Waals surface area contributed by atoms with E-state index in [2.05, 4.69) is 5.43 Å². The minimum atomic E-state index is -0.367. The number of hydrogen-bond acceptors (Lipinski definition) is 3. The third kappa shape index (κ3) is 3.77. The van der Waals surface area contributed by atoms with Gasteiger partial charge < -0.3 is 4.90 Å². The van der Waals surface area contributed by atoms with E-state index in [1.54, 1.807) is 16.8 Å². The van der Waals surface area contributed by atoms with Crippen LogP contribution in [0.5, 0.6) is 0 Å². The fourth-order valence-corrected chi connectivity index (χ4v) is 2.15. The number of amides is 2. The lowest BCUT2D eigenvalue weighted by Crippen LogP contribution is -2.44. The molecule has 0 atom stereocenters. The fourth-order valence-electron chi connectivity index (χ4n) is 2.15. The van der Waals surface area contributed by atoms with Crippen LogP contribution in [0.4, 0.5) is 4.39 Å². The van der Waals surface area contributed by atoms with Crippen molar-refractivity contribution in [1.29, 1.82) is 0 Å². The first kappa shape index (κ1) is 14.5. The van der Waals surface area contributed by atoms with Gasteiger partial charge in [-0.15, -0.1) is 0 Å². The second kappa shape index (κ2) is 6.47. The lowest BCUT2D eigenvalue weighted by atomic mass is 10.2. The number of benzene rings is 1. The fraction of sp³-hybridized carbons (Fsp3) is 0.429. The summed E-state index contributed by atoms with van der Waals surface area (Å²) in [7, 11) is 0. The topological polar surface area (TPSA) is 52.7 Å². The van der Waals surface area contributed by atoms with E-state index in [4.69, 9.17) is 0 Å². The van der Waals surface area contributed by atoms with Gasteiger partial charge in [0.15, 0.2) is 0 Å². The van der Waals surface area contributed by atoms with Gasteiger partial charge in [0.25, 0.3) is 5.91 Å². The summed E-state index contributed by atoms with van der Waals surface area (Å²) in [6.07, 6.45) is 0.809. The lowest BCUT2D eigenvalue weighted by Gasteiger charge is -2.21. The van der Waals surface area contributed by atoms with E-state index in [-0.39, 0.29) is 17.6 Å². The van der Waals surface area contributed by atoms with Gasteiger partial charge in [0.1, 0.15) is 5.82 Å². The molecular formula is C14H18FN3O2. The summed E-state index contributed by atoms with van der Waals surface area (Å²) in [5.41, 5.74) is 3.20. The molecule has 0 aliphatic carbocycles. The molecule has 0 aromatic heterocycles. The highest BCUT2D eigenvalue weighted by molar-refractivity contribution is 5.93. The molecule has 1 aliphatic rings. The van der Waals surface area contributed by atoms with E-state index < -0.39 is 0 Å². The lowest BCUT2D eigenvalue weighted by molar-refractivity contribution is -0.128. The first-order valence-corrected chi connectivity index (χ1v) is 6.63. The van der Waals surface area contributed by atoms with Crippen LogP contribution in [-0.2, 0) is 4.79 Å². The van der Waals surface area contributed by atoms with Gasteiger partial charge in [-0.25, -0.2) is 9.40 Å². The van der Waals surface area contributed by atoms with Crippen molar-refractivity contribution in [2.24, 2.45) is 0 Å². The Bertz CT molecular complexity index is 490. The molecule has 1 saturated heterocycles. The maximum atomic E-state index is 12.8. The SMILES string of the molecule is CC(=O)N1CCCN(NC(=O)c2ccc(F)cc2)CC1. The number of halogens is 1. The Morgan fingerprint density at radius 2 is 1.80 bits per heavy atom. The molecule has 1 fully saturated rings. The van der Waals surface area contributed by atoms with Gasteiger partial charge in [-0.2, -0.15) is 0 Å². The van der Waals surface area contributed by atoms with E-state index in [9.17, 15) is 14.0 Å². The zero-order valence-corrected chi connectivity index (χ0v) is 11.4. The van der Waals surface area contributed by atoms with Crippen molar-refractivity contribution < 1.29 is 14.0 Å². The average Bonchev–Trinajstić information content (AvgIpc) is 2.65. The third-order valence-electron chi connectivity index (χ3n) is 3.31. The van der Waals surface area contributed by atoms with Crippen molar-refractivity contribution in [3.05, 3.63) is 35.6 Å². The number of rotatable bonds is 2. The van der Waals surface area contributed by atoms with Crippen molar-refractivity contribution in [2.75, 3.05) is 26.2 Å². The van der Waals surface area contributed by atoms with Gasteiger partial charge in [-0.05, 0) is 30.7 Å². The van der Waals surface area contributed by atoms with Crippen molar-refractivity contribution in [3.8, 4) is 0 Å². The van der Waals surface area contributed by atoms with Gasteiger partial charge >= 0.3 is 0 Å². The van der Waals surface area contributed by atoms with Crippen LogP contribution < -0.4 is 5.43 Å².